The molecule has 0 radical (unpaired) electrons. The van der Waals surface area contributed by atoms with Gasteiger partial charge in [0.15, 0.2) is 0 Å². The minimum atomic E-state index is -3.17. The van der Waals surface area contributed by atoms with Gasteiger partial charge in [-0.1, -0.05) is 243 Å². The van der Waals surface area contributed by atoms with E-state index in [1.165, 1.54) is 31.1 Å². The van der Waals surface area contributed by atoms with Crippen molar-refractivity contribution in [2.45, 2.75) is 0 Å². The molecule has 0 aliphatic carbocycles. The fourth-order valence-corrected chi connectivity index (χ4v) is 25.0. The van der Waals surface area contributed by atoms with Crippen LogP contribution in [0.2, 0.25) is 0 Å². The van der Waals surface area contributed by atoms with Crippen LogP contribution in [0, 0.1) is 0 Å². The Morgan fingerprint density at radius 1 is 0.236 bits per heavy atom. The number of benzene rings is 8. The largest absolute Gasteiger partial charge is 0.424 e. The van der Waals surface area contributed by atoms with Crippen LogP contribution in [-0.2, 0) is 12.3 Å². The van der Waals surface area contributed by atoms with E-state index in [9.17, 15) is 0 Å². The van der Waals surface area contributed by atoms with Crippen molar-refractivity contribution < 1.29 is 12.3 Å². The van der Waals surface area contributed by atoms with Crippen molar-refractivity contribution in [3.8, 4) is 0 Å². The molecule has 0 aliphatic heterocycles. The number of hydrogen-bond acceptors (Lipinski definition) is 3. The van der Waals surface area contributed by atoms with Crippen molar-refractivity contribution in [1.82, 2.24) is 0 Å². The molecule has 55 heavy (non-hydrogen) atoms. The summed E-state index contributed by atoms with van der Waals surface area (Å²) in [5.41, 5.74) is 0. The van der Waals surface area contributed by atoms with Gasteiger partial charge in [0.25, 0.3) is 16.6 Å². The standard InChI is InChI=1S/C48H42O3Si4/c1-9-25-41(26-10-1)52(50-54(43-29-13-3-14-30-43,44-31-15-4-16-32-44)45-33-17-5-18-34-45)49-53(42-27-11-2-12-28-42)51-55(46-35-19-6-20-36-46,47-37-21-7-22-38-47)48-39-23-8-24-40-48/h1-40,52-53H. The lowest BCUT2D eigenvalue weighted by Crippen LogP contribution is -2.74. The van der Waals surface area contributed by atoms with Crippen molar-refractivity contribution >= 4 is 76.7 Å². The SMILES string of the molecule is c1ccc([SiH](O[SiH](O[Si](c2ccccc2)(c2ccccc2)c2ccccc2)c2ccccc2)O[Si](c2ccccc2)(c2ccccc2)c2ccccc2)cc1. The Hall–Kier alpha value is -5.49. The van der Waals surface area contributed by atoms with Crippen LogP contribution in [0.5, 0.6) is 0 Å². The molecule has 8 aromatic rings. The van der Waals surface area contributed by atoms with Gasteiger partial charge in [0.05, 0.1) is 0 Å². The van der Waals surface area contributed by atoms with Crippen LogP contribution >= 0.6 is 0 Å². The summed E-state index contributed by atoms with van der Waals surface area (Å²) in [5.74, 6) is 0. The Morgan fingerprint density at radius 3 is 0.618 bits per heavy atom. The predicted octanol–water partition coefficient (Wildman–Crippen LogP) is 4.63. The first kappa shape index (κ1) is 36.5. The van der Waals surface area contributed by atoms with E-state index >= 15 is 0 Å². The van der Waals surface area contributed by atoms with Gasteiger partial charge in [0.1, 0.15) is 0 Å². The van der Waals surface area contributed by atoms with Crippen LogP contribution < -0.4 is 41.5 Å². The van der Waals surface area contributed by atoms with Crippen LogP contribution in [0.3, 0.4) is 0 Å². The average Bonchev–Trinajstić information content (AvgIpc) is 3.29. The minimum Gasteiger partial charge on any atom is -0.424 e. The van der Waals surface area contributed by atoms with E-state index in [4.69, 9.17) is 12.3 Å². The van der Waals surface area contributed by atoms with Gasteiger partial charge in [-0.05, 0) is 41.5 Å². The first-order valence-electron chi connectivity index (χ1n) is 18.7. The molecule has 0 spiro atoms. The molecule has 8 aromatic carbocycles. The normalized spacial score (nSPS) is 12.8. The Bertz CT molecular complexity index is 1980. The van der Waals surface area contributed by atoms with Gasteiger partial charge in [-0.15, -0.1) is 0 Å². The maximum atomic E-state index is 7.99. The highest BCUT2D eigenvalue weighted by atomic mass is 28.5. The molecule has 7 heteroatoms. The van der Waals surface area contributed by atoms with Crippen molar-refractivity contribution in [2.75, 3.05) is 0 Å². The second-order valence-electron chi connectivity index (χ2n) is 13.4. The molecule has 0 aromatic heterocycles. The zero-order valence-corrected chi connectivity index (χ0v) is 34.8. The zero-order chi connectivity index (χ0) is 37.2. The minimum absolute atomic E-state index is 1.07. The second kappa shape index (κ2) is 17.3. The molecule has 0 aliphatic rings. The maximum absolute atomic E-state index is 7.99. The summed E-state index contributed by atoms with van der Waals surface area (Å²) in [6, 6.07) is 85.8. The number of hydrogen-bond donors (Lipinski definition) is 0. The highest BCUT2D eigenvalue weighted by Crippen LogP contribution is 2.17. The van der Waals surface area contributed by atoms with Gasteiger partial charge in [-0.2, -0.15) is 0 Å². The quantitative estimate of drug-likeness (QED) is 0.119. The van der Waals surface area contributed by atoms with E-state index in [0.29, 0.717) is 0 Å². The van der Waals surface area contributed by atoms with Gasteiger partial charge in [0.2, 0.25) is 0 Å². The summed E-state index contributed by atoms with van der Waals surface area (Å²) in [6.45, 7) is 0. The maximum Gasteiger partial charge on any atom is 0.337 e. The molecule has 0 saturated heterocycles. The Kier molecular flexibility index (Phi) is 11.5. The summed E-state index contributed by atoms with van der Waals surface area (Å²) < 4.78 is 23.7. The molecule has 0 N–H and O–H groups in total. The average molecular weight is 779 g/mol. The molecule has 0 saturated carbocycles. The topological polar surface area (TPSA) is 27.7 Å². The van der Waals surface area contributed by atoms with Crippen molar-refractivity contribution in [3.63, 3.8) is 0 Å². The molecular formula is C48H42O3Si4. The second-order valence-corrected chi connectivity index (χ2v) is 25.2. The highest BCUT2D eigenvalue weighted by molar-refractivity contribution is 7.11. The van der Waals surface area contributed by atoms with Gasteiger partial charge < -0.3 is 12.3 Å². The molecule has 2 atom stereocenters. The lowest BCUT2D eigenvalue weighted by atomic mass is 10.3. The van der Waals surface area contributed by atoms with Gasteiger partial charge in [-0.3, -0.25) is 0 Å². The van der Waals surface area contributed by atoms with Crippen LogP contribution in [0.25, 0.3) is 0 Å². The first-order chi connectivity index (χ1) is 27.3. The summed E-state index contributed by atoms with van der Waals surface area (Å²) in [5, 5.41) is 9.18. The van der Waals surface area contributed by atoms with E-state index < -0.39 is 35.2 Å². The van der Waals surface area contributed by atoms with Crippen molar-refractivity contribution in [1.29, 1.82) is 0 Å². The first-order valence-corrected chi connectivity index (χ1v) is 25.6. The van der Waals surface area contributed by atoms with Crippen molar-refractivity contribution in [2.24, 2.45) is 0 Å². The van der Waals surface area contributed by atoms with E-state index in [0.717, 1.165) is 10.4 Å². The van der Waals surface area contributed by atoms with E-state index in [-0.39, 0.29) is 0 Å². The van der Waals surface area contributed by atoms with Gasteiger partial charge in [-0.25, -0.2) is 0 Å². The molecule has 0 bridgehead atoms. The molecule has 268 valence electrons. The van der Waals surface area contributed by atoms with Gasteiger partial charge in [0, 0.05) is 0 Å². The summed E-state index contributed by atoms with van der Waals surface area (Å²) >= 11 is 0. The number of rotatable bonds is 14. The van der Waals surface area contributed by atoms with Crippen LogP contribution in [0.15, 0.2) is 243 Å². The summed E-state index contributed by atoms with van der Waals surface area (Å²) in [4.78, 5) is 0. The van der Waals surface area contributed by atoms with Crippen LogP contribution in [0.4, 0.5) is 0 Å². The third kappa shape index (κ3) is 7.73. The van der Waals surface area contributed by atoms with Crippen LogP contribution in [-0.4, -0.2) is 35.2 Å². The Morgan fingerprint density at radius 2 is 0.418 bits per heavy atom. The van der Waals surface area contributed by atoms with Gasteiger partial charge >= 0.3 is 18.6 Å². The lowest BCUT2D eigenvalue weighted by Gasteiger charge is -2.40. The molecule has 2 unspecified atom stereocenters. The Balaban J connectivity index is 1.34. The fraction of sp³-hybridized carbons (Fsp3) is 0. The molecule has 0 fully saturated rings. The van der Waals surface area contributed by atoms with E-state index in [1.807, 2.05) is 0 Å². The fourth-order valence-electron chi connectivity index (χ4n) is 7.45. The van der Waals surface area contributed by atoms with E-state index in [2.05, 4.69) is 243 Å². The highest BCUT2D eigenvalue weighted by Gasteiger charge is 2.48. The zero-order valence-electron chi connectivity index (χ0n) is 30.5. The monoisotopic (exact) mass is 778 g/mol. The smallest absolute Gasteiger partial charge is 0.337 e. The van der Waals surface area contributed by atoms with Crippen molar-refractivity contribution in [3.05, 3.63) is 243 Å². The third-order valence-corrected chi connectivity index (χ3v) is 25.3. The molecule has 8 rings (SSSR count). The molecule has 0 heterocycles. The summed E-state index contributed by atoms with van der Waals surface area (Å²) in [7, 11) is -12.0. The third-order valence-electron chi connectivity index (χ3n) is 10.0. The molecular weight excluding hydrogens is 737 g/mol. The molecule has 3 nitrogen and oxygen atoms in total. The summed E-state index contributed by atoms with van der Waals surface area (Å²) in [6.07, 6.45) is 0. The predicted molar refractivity (Wildman–Crippen MR) is 238 cm³/mol. The molecule has 0 amide bonds. The van der Waals surface area contributed by atoms with E-state index in [1.54, 1.807) is 0 Å². The Labute approximate surface area is 330 Å². The lowest BCUT2D eigenvalue weighted by molar-refractivity contribution is 0.395. The van der Waals surface area contributed by atoms with Crippen LogP contribution in [0.1, 0.15) is 0 Å².